The van der Waals surface area contributed by atoms with Crippen LogP contribution in [0.3, 0.4) is 0 Å². The molecule has 1 aromatic carbocycles. The standard InChI is InChI=1S/C11H8BrNO4S2/c12-5-1-2-7-6(3-5)13-11(18-7)19-8(10(16)17)4-9(14)15/h1-3,8H,4H2,(H,14,15)(H,16,17). The van der Waals surface area contributed by atoms with Crippen molar-refractivity contribution in [2.24, 2.45) is 0 Å². The van der Waals surface area contributed by atoms with Crippen molar-refractivity contribution in [2.75, 3.05) is 0 Å². The summed E-state index contributed by atoms with van der Waals surface area (Å²) in [4.78, 5) is 25.9. The number of aliphatic carboxylic acids is 2. The zero-order valence-corrected chi connectivity index (χ0v) is 12.6. The smallest absolute Gasteiger partial charge is 0.317 e. The van der Waals surface area contributed by atoms with E-state index in [0.717, 1.165) is 26.5 Å². The number of hydrogen-bond donors (Lipinski definition) is 2. The number of hydrogen-bond acceptors (Lipinski definition) is 5. The Morgan fingerprint density at radius 3 is 2.79 bits per heavy atom. The van der Waals surface area contributed by atoms with E-state index in [4.69, 9.17) is 10.2 Å². The highest BCUT2D eigenvalue weighted by Crippen LogP contribution is 2.34. The van der Waals surface area contributed by atoms with E-state index in [0.29, 0.717) is 4.34 Å². The van der Waals surface area contributed by atoms with Gasteiger partial charge in [-0.05, 0) is 18.2 Å². The highest BCUT2D eigenvalue weighted by molar-refractivity contribution is 9.10. The molecule has 2 N–H and O–H groups in total. The molecule has 0 spiro atoms. The number of carbonyl (C=O) groups is 2. The van der Waals surface area contributed by atoms with Crippen molar-refractivity contribution < 1.29 is 19.8 Å². The predicted octanol–water partition coefficient (Wildman–Crippen LogP) is 3.08. The van der Waals surface area contributed by atoms with Crippen molar-refractivity contribution in [1.82, 2.24) is 4.98 Å². The van der Waals surface area contributed by atoms with Crippen LogP contribution in [0.15, 0.2) is 27.0 Å². The molecule has 1 aromatic heterocycles. The van der Waals surface area contributed by atoms with Crippen LogP contribution in [0.5, 0.6) is 0 Å². The average Bonchev–Trinajstić information content (AvgIpc) is 2.68. The molecule has 0 aliphatic heterocycles. The third-order valence-corrected chi connectivity index (χ3v) is 5.02. The van der Waals surface area contributed by atoms with Gasteiger partial charge in [-0.2, -0.15) is 0 Å². The number of benzene rings is 1. The van der Waals surface area contributed by atoms with Crippen LogP contribution >= 0.6 is 39.0 Å². The van der Waals surface area contributed by atoms with E-state index in [2.05, 4.69) is 20.9 Å². The number of carboxylic acids is 2. The minimum Gasteiger partial charge on any atom is -0.481 e. The molecule has 0 saturated heterocycles. The summed E-state index contributed by atoms with van der Waals surface area (Å²) < 4.78 is 2.38. The fourth-order valence-electron chi connectivity index (χ4n) is 1.39. The van der Waals surface area contributed by atoms with Crippen molar-refractivity contribution in [3.05, 3.63) is 22.7 Å². The molecule has 5 nitrogen and oxygen atoms in total. The zero-order valence-electron chi connectivity index (χ0n) is 9.37. The van der Waals surface area contributed by atoms with E-state index in [-0.39, 0.29) is 0 Å². The number of thioether (sulfide) groups is 1. The topological polar surface area (TPSA) is 87.5 Å². The molecule has 0 radical (unpaired) electrons. The van der Waals surface area contributed by atoms with Crippen molar-refractivity contribution in [3.63, 3.8) is 0 Å². The van der Waals surface area contributed by atoms with Gasteiger partial charge < -0.3 is 10.2 Å². The molecule has 1 unspecified atom stereocenters. The normalized spacial score (nSPS) is 12.5. The molecule has 0 fully saturated rings. The number of fused-ring (bicyclic) bond motifs is 1. The fraction of sp³-hybridized carbons (Fsp3) is 0.182. The Labute approximate surface area is 124 Å². The number of carboxylic acid groups (broad SMARTS) is 2. The van der Waals surface area contributed by atoms with Crippen LogP contribution in [0.25, 0.3) is 10.2 Å². The number of nitrogens with zero attached hydrogens (tertiary/aromatic N) is 1. The Morgan fingerprint density at radius 1 is 1.42 bits per heavy atom. The van der Waals surface area contributed by atoms with Gasteiger partial charge in [-0.3, -0.25) is 9.59 Å². The van der Waals surface area contributed by atoms with Gasteiger partial charge in [0.1, 0.15) is 5.25 Å². The molecule has 8 heteroatoms. The Bertz CT molecular complexity index is 643. The molecule has 0 aliphatic carbocycles. The molecule has 0 bridgehead atoms. The molecule has 2 aromatic rings. The number of rotatable bonds is 5. The van der Waals surface area contributed by atoms with Gasteiger partial charge in [0.25, 0.3) is 0 Å². The Kier molecular flexibility index (Phi) is 4.43. The highest BCUT2D eigenvalue weighted by atomic mass is 79.9. The molecule has 1 atom stereocenters. The third kappa shape index (κ3) is 3.68. The van der Waals surface area contributed by atoms with Crippen molar-refractivity contribution in [2.45, 2.75) is 16.0 Å². The molecular weight excluding hydrogens is 354 g/mol. The van der Waals surface area contributed by atoms with Gasteiger partial charge in [-0.1, -0.05) is 27.7 Å². The first-order valence-electron chi connectivity index (χ1n) is 5.13. The molecular formula is C11H8BrNO4S2. The lowest BCUT2D eigenvalue weighted by Gasteiger charge is -2.06. The van der Waals surface area contributed by atoms with Crippen molar-refractivity contribution in [3.8, 4) is 0 Å². The van der Waals surface area contributed by atoms with Crippen LogP contribution < -0.4 is 0 Å². The molecule has 100 valence electrons. The second kappa shape index (κ2) is 5.89. The van der Waals surface area contributed by atoms with E-state index >= 15 is 0 Å². The van der Waals surface area contributed by atoms with E-state index in [9.17, 15) is 9.59 Å². The van der Waals surface area contributed by atoms with E-state index in [1.165, 1.54) is 11.3 Å². The molecule has 0 saturated carbocycles. The second-order valence-corrected chi connectivity index (χ2v) is 7.03. The summed E-state index contributed by atoms with van der Waals surface area (Å²) in [6.45, 7) is 0. The molecule has 1 heterocycles. The maximum Gasteiger partial charge on any atom is 0.317 e. The van der Waals surface area contributed by atoms with Crippen LogP contribution in [-0.4, -0.2) is 32.4 Å². The fourth-order valence-corrected chi connectivity index (χ4v) is 3.95. The predicted molar refractivity (Wildman–Crippen MR) is 76.9 cm³/mol. The quantitative estimate of drug-likeness (QED) is 0.795. The maximum atomic E-state index is 11.0. The van der Waals surface area contributed by atoms with Crippen molar-refractivity contribution in [1.29, 1.82) is 0 Å². The molecule has 2 rings (SSSR count). The first-order valence-corrected chi connectivity index (χ1v) is 7.62. The lowest BCUT2D eigenvalue weighted by molar-refractivity contribution is -0.142. The maximum absolute atomic E-state index is 11.0. The minimum atomic E-state index is -1.15. The second-order valence-electron chi connectivity index (χ2n) is 3.63. The average molecular weight is 362 g/mol. The summed E-state index contributed by atoms with van der Waals surface area (Å²) in [5, 5.41) is 16.6. The largest absolute Gasteiger partial charge is 0.481 e. The van der Waals surface area contributed by atoms with Gasteiger partial charge in [-0.25, -0.2) is 4.98 Å². The Morgan fingerprint density at radius 2 is 2.16 bits per heavy atom. The number of halogens is 1. The summed E-state index contributed by atoms with van der Waals surface area (Å²) in [6, 6.07) is 5.60. The van der Waals surface area contributed by atoms with Gasteiger partial charge in [0, 0.05) is 4.47 Å². The minimum absolute atomic E-state index is 0.431. The van der Waals surface area contributed by atoms with Gasteiger partial charge in [0.05, 0.1) is 16.6 Å². The molecule has 0 amide bonds. The zero-order chi connectivity index (χ0) is 14.0. The third-order valence-electron chi connectivity index (χ3n) is 2.21. The van der Waals surface area contributed by atoms with Gasteiger partial charge >= 0.3 is 11.9 Å². The van der Waals surface area contributed by atoms with Gasteiger partial charge in [0.2, 0.25) is 0 Å². The summed E-state index contributed by atoms with van der Waals surface area (Å²) >= 11 is 5.66. The molecule has 19 heavy (non-hydrogen) atoms. The molecule has 0 aliphatic rings. The highest BCUT2D eigenvalue weighted by Gasteiger charge is 2.23. The van der Waals surface area contributed by atoms with Crippen LogP contribution in [0, 0.1) is 0 Å². The summed E-state index contributed by atoms with van der Waals surface area (Å²) in [5.74, 6) is -2.28. The Hall–Kier alpha value is -1.12. The van der Waals surface area contributed by atoms with Crippen molar-refractivity contribution >= 4 is 61.2 Å². The first kappa shape index (κ1) is 14.3. The van der Waals surface area contributed by atoms with Gasteiger partial charge in [0.15, 0.2) is 4.34 Å². The summed E-state index contributed by atoms with van der Waals surface area (Å²) in [6.07, 6.45) is -0.431. The lowest BCUT2D eigenvalue weighted by atomic mass is 10.3. The van der Waals surface area contributed by atoms with Gasteiger partial charge in [-0.15, -0.1) is 11.3 Å². The van der Waals surface area contributed by atoms with Crippen LogP contribution in [0.4, 0.5) is 0 Å². The van der Waals surface area contributed by atoms with Crippen LogP contribution in [-0.2, 0) is 9.59 Å². The number of aromatic nitrogens is 1. The SMILES string of the molecule is O=C(O)CC(Sc1nc2cc(Br)ccc2s1)C(=O)O. The van der Waals surface area contributed by atoms with Crippen LogP contribution in [0.2, 0.25) is 0 Å². The lowest BCUT2D eigenvalue weighted by Crippen LogP contribution is -2.20. The number of thiazole rings is 1. The summed E-state index contributed by atoms with van der Waals surface area (Å²) in [7, 11) is 0. The van der Waals surface area contributed by atoms with E-state index < -0.39 is 23.6 Å². The van der Waals surface area contributed by atoms with E-state index in [1.807, 2.05) is 18.2 Å². The Balaban J connectivity index is 2.23. The summed E-state index contributed by atoms with van der Waals surface area (Å²) in [5.41, 5.74) is 0.765. The van der Waals surface area contributed by atoms with E-state index in [1.54, 1.807) is 0 Å². The van der Waals surface area contributed by atoms with Crippen LogP contribution in [0.1, 0.15) is 6.42 Å². The monoisotopic (exact) mass is 361 g/mol. The first-order chi connectivity index (χ1) is 8.95.